The summed E-state index contributed by atoms with van der Waals surface area (Å²) in [6.07, 6.45) is 1.58. The highest BCUT2D eigenvalue weighted by Crippen LogP contribution is 2.32. The van der Waals surface area contributed by atoms with E-state index in [1.807, 2.05) is 35.6 Å². The Bertz CT molecular complexity index is 1090. The average molecular weight is 328 g/mol. The number of rotatable bonds is 2. The van der Waals surface area contributed by atoms with Gasteiger partial charge in [-0.2, -0.15) is 0 Å². The van der Waals surface area contributed by atoms with Gasteiger partial charge in [-0.3, -0.25) is 4.40 Å². The molecule has 0 N–H and O–H groups in total. The van der Waals surface area contributed by atoms with Crippen LogP contribution in [0.25, 0.3) is 15.0 Å². The summed E-state index contributed by atoms with van der Waals surface area (Å²) in [5.74, 6) is 0. The summed E-state index contributed by atoms with van der Waals surface area (Å²) in [7, 11) is -3.61. The zero-order valence-electron chi connectivity index (χ0n) is 11.7. The van der Waals surface area contributed by atoms with E-state index in [0.717, 1.165) is 15.8 Å². The predicted molar refractivity (Wildman–Crippen MR) is 87.2 cm³/mol. The van der Waals surface area contributed by atoms with Gasteiger partial charge in [-0.05, 0) is 31.2 Å². The van der Waals surface area contributed by atoms with Crippen molar-refractivity contribution < 1.29 is 8.42 Å². The minimum Gasteiger partial charge on any atom is -0.288 e. The number of aryl methyl sites for hydroxylation is 1. The Kier molecular flexibility index (Phi) is 2.85. The number of hydrogen-bond acceptors (Lipinski definition) is 4. The number of benzene rings is 2. The van der Waals surface area contributed by atoms with Crippen molar-refractivity contribution in [1.82, 2.24) is 9.38 Å². The molecule has 0 fully saturated rings. The second-order valence-corrected chi connectivity index (χ2v) is 8.01. The Labute approximate surface area is 131 Å². The average Bonchev–Trinajstić information content (AvgIpc) is 3.06. The molecule has 4 nitrogen and oxygen atoms in total. The fourth-order valence-electron chi connectivity index (χ4n) is 2.45. The van der Waals surface area contributed by atoms with Gasteiger partial charge in [0.1, 0.15) is 11.2 Å². The molecule has 0 bridgehead atoms. The Balaban J connectivity index is 1.99. The number of nitrogens with zero attached hydrogens (tertiary/aromatic N) is 2. The van der Waals surface area contributed by atoms with Gasteiger partial charge in [0.05, 0.1) is 15.1 Å². The number of aromatic nitrogens is 2. The Morgan fingerprint density at radius 3 is 2.55 bits per heavy atom. The zero-order chi connectivity index (χ0) is 15.3. The lowest BCUT2D eigenvalue weighted by Crippen LogP contribution is -2.02. The third-order valence-electron chi connectivity index (χ3n) is 3.61. The normalized spacial score (nSPS) is 12.2. The second-order valence-electron chi connectivity index (χ2n) is 5.11. The lowest BCUT2D eigenvalue weighted by Gasteiger charge is -2.01. The molecule has 2 heterocycles. The standard InChI is InChI=1S/C16H12N2O2S2/c1-11-6-8-12(9-7-11)22(19,20)15-16-18(10-17-15)13-4-2-3-5-14(13)21-16/h2-10H,1H3. The summed E-state index contributed by atoms with van der Waals surface area (Å²) in [6, 6.07) is 14.7. The summed E-state index contributed by atoms with van der Waals surface area (Å²) < 4.78 is 28.5. The fourth-order valence-corrected chi connectivity index (χ4v) is 5.14. The van der Waals surface area contributed by atoms with E-state index in [1.165, 1.54) is 11.3 Å². The predicted octanol–water partition coefficient (Wildman–Crippen LogP) is 3.69. The molecule has 2 aromatic carbocycles. The Hall–Kier alpha value is -2.18. The van der Waals surface area contributed by atoms with Gasteiger partial charge in [-0.15, -0.1) is 11.3 Å². The molecule has 0 amide bonds. The molecule has 22 heavy (non-hydrogen) atoms. The first-order chi connectivity index (χ1) is 10.6. The topological polar surface area (TPSA) is 51.4 Å². The number of imidazole rings is 1. The van der Waals surface area contributed by atoms with Crippen LogP contribution in [0.2, 0.25) is 0 Å². The molecule has 0 spiro atoms. The minimum atomic E-state index is -3.61. The maximum absolute atomic E-state index is 12.8. The monoisotopic (exact) mass is 328 g/mol. The van der Waals surface area contributed by atoms with E-state index in [0.29, 0.717) is 4.83 Å². The molecule has 0 aliphatic carbocycles. The van der Waals surface area contributed by atoms with E-state index in [9.17, 15) is 8.42 Å². The summed E-state index contributed by atoms with van der Waals surface area (Å²) in [6.45, 7) is 1.93. The molecule has 2 aromatic heterocycles. The Morgan fingerprint density at radius 2 is 1.77 bits per heavy atom. The first kappa shape index (κ1) is 13.5. The van der Waals surface area contributed by atoms with E-state index >= 15 is 0 Å². The van der Waals surface area contributed by atoms with E-state index in [2.05, 4.69) is 4.98 Å². The number of para-hydroxylation sites is 1. The number of hydrogen-bond donors (Lipinski definition) is 0. The van der Waals surface area contributed by atoms with Gasteiger partial charge in [0.25, 0.3) is 0 Å². The van der Waals surface area contributed by atoms with Crippen LogP contribution in [0, 0.1) is 6.92 Å². The first-order valence-electron chi connectivity index (χ1n) is 6.74. The maximum Gasteiger partial charge on any atom is 0.226 e. The molecular weight excluding hydrogens is 316 g/mol. The largest absolute Gasteiger partial charge is 0.288 e. The van der Waals surface area contributed by atoms with Gasteiger partial charge in [0.2, 0.25) is 9.84 Å². The van der Waals surface area contributed by atoms with Crippen molar-refractivity contribution in [2.45, 2.75) is 16.8 Å². The summed E-state index contributed by atoms with van der Waals surface area (Å²) >= 11 is 1.44. The van der Waals surface area contributed by atoms with Gasteiger partial charge >= 0.3 is 0 Å². The van der Waals surface area contributed by atoms with Gasteiger partial charge in [-0.1, -0.05) is 29.8 Å². The van der Waals surface area contributed by atoms with Crippen LogP contribution in [0.4, 0.5) is 0 Å². The fraction of sp³-hybridized carbons (Fsp3) is 0.0625. The van der Waals surface area contributed by atoms with Crippen LogP contribution in [-0.4, -0.2) is 17.8 Å². The highest BCUT2D eigenvalue weighted by Gasteiger charge is 2.25. The molecular formula is C16H12N2O2S2. The number of thiazole rings is 1. The number of fused-ring (bicyclic) bond motifs is 3. The molecule has 4 rings (SSSR count). The zero-order valence-corrected chi connectivity index (χ0v) is 13.4. The van der Waals surface area contributed by atoms with Crippen LogP contribution >= 0.6 is 11.3 Å². The molecule has 0 aliphatic heterocycles. The molecule has 0 radical (unpaired) electrons. The minimum absolute atomic E-state index is 0.123. The van der Waals surface area contributed by atoms with Crippen molar-refractivity contribution in [3.8, 4) is 0 Å². The van der Waals surface area contributed by atoms with Crippen LogP contribution < -0.4 is 0 Å². The quantitative estimate of drug-likeness (QED) is 0.564. The van der Waals surface area contributed by atoms with E-state index in [-0.39, 0.29) is 9.92 Å². The highest BCUT2D eigenvalue weighted by molar-refractivity contribution is 7.91. The van der Waals surface area contributed by atoms with Crippen LogP contribution in [0.3, 0.4) is 0 Å². The molecule has 6 heteroatoms. The van der Waals surface area contributed by atoms with Gasteiger partial charge in [0, 0.05) is 0 Å². The lowest BCUT2D eigenvalue weighted by molar-refractivity contribution is 0.594. The van der Waals surface area contributed by atoms with Crippen LogP contribution in [-0.2, 0) is 9.84 Å². The highest BCUT2D eigenvalue weighted by atomic mass is 32.2. The van der Waals surface area contributed by atoms with Crippen LogP contribution in [0.15, 0.2) is 64.8 Å². The summed E-state index contributed by atoms with van der Waals surface area (Å²) in [5.41, 5.74) is 2.00. The van der Waals surface area contributed by atoms with Crippen molar-refractivity contribution in [3.05, 3.63) is 60.4 Å². The van der Waals surface area contributed by atoms with Crippen molar-refractivity contribution in [2.75, 3.05) is 0 Å². The van der Waals surface area contributed by atoms with Crippen molar-refractivity contribution in [2.24, 2.45) is 0 Å². The molecule has 0 saturated heterocycles. The van der Waals surface area contributed by atoms with E-state index < -0.39 is 9.84 Å². The van der Waals surface area contributed by atoms with Crippen molar-refractivity contribution >= 4 is 36.2 Å². The molecule has 0 saturated carbocycles. The van der Waals surface area contributed by atoms with E-state index in [4.69, 9.17) is 0 Å². The third-order valence-corrected chi connectivity index (χ3v) is 6.59. The molecule has 110 valence electrons. The van der Waals surface area contributed by atoms with Gasteiger partial charge in [0.15, 0.2) is 5.03 Å². The van der Waals surface area contributed by atoms with Crippen LogP contribution in [0.5, 0.6) is 0 Å². The summed E-state index contributed by atoms with van der Waals surface area (Å²) in [5, 5.41) is 0.123. The lowest BCUT2D eigenvalue weighted by atomic mass is 10.2. The summed E-state index contributed by atoms with van der Waals surface area (Å²) in [4.78, 5) is 5.09. The van der Waals surface area contributed by atoms with E-state index in [1.54, 1.807) is 30.6 Å². The Morgan fingerprint density at radius 1 is 1.05 bits per heavy atom. The molecule has 0 unspecified atom stereocenters. The SMILES string of the molecule is Cc1ccc(S(=O)(=O)c2ncn3c2sc2ccccc23)cc1. The molecule has 0 atom stereocenters. The smallest absolute Gasteiger partial charge is 0.226 e. The van der Waals surface area contributed by atoms with Gasteiger partial charge in [-0.25, -0.2) is 13.4 Å². The second kappa shape index (κ2) is 4.66. The van der Waals surface area contributed by atoms with Crippen molar-refractivity contribution in [1.29, 1.82) is 0 Å². The van der Waals surface area contributed by atoms with Crippen molar-refractivity contribution in [3.63, 3.8) is 0 Å². The molecule has 4 aromatic rings. The van der Waals surface area contributed by atoms with Crippen LogP contribution in [0.1, 0.15) is 5.56 Å². The third kappa shape index (κ3) is 1.88. The molecule has 0 aliphatic rings. The van der Waals surface area contributed by atoms with Gasteiger partial charge < -0.3 is 0 Å². The first-order valence-corrected chi connectivity index (χ1v) is 9.04. The number of sulfone groups is 1. The maximum atomic E-state index is 12.8.